The molecule has 1 aromatic carbocycles. The van der Waals surface area contributed by atoms with Crippen LogP contribution in [-0.4, -0.2) is 53.3 Å². The van der Waals surface area contributed by atoms with Crippen molar-refractivity contribution < 1.29 is 9.59 Å². The van der Waals surface area contributed by atoms with E-state index in [4.69, 9.17) is 5.73 Å². The van der Waals surface area contributed by atoms with Gasteiger partial charge in [0.1, 0.15) is 0 Å². The third kappa shape index (κ3) is 4.28. The molecule has 0 bridgehead atoms. The van der Waals surface area contributed by atoms with Crippen LogP contribution in [0.3, 0.4) is 0 Å². The maximum absolute atomic E-state index is 12.4. The van der Waals surface area contributed by atoms with Gasteiger partial charge in [0.15, 0.2) is 0 Å². The largest absolute Gasteiger partial charge is 0.368 e. The zero-order valence-electron chi connectivity index (χ0n) is 14.9. The topological polar surface area (TPSA) is 66.6 Å². The van der Waals surface area contributed by atoms with Gasteiger partial charge in [0.2, 0.25) is 11.8 Å². The number of rotatable bonds is 4. The second kappa shape index (κ2) is 7.83. The lowest BCUT2D eigenvalue weighted by atomic mass is 10.0. The molecule has 3 rings (SSSR count). The van der Waals surface area contributed by atoms with Crippen LogP contribution in [-0.2, 0) is 9.59 Å². The summed E-state index contributed by atoms with van der Waals surface area (Å²) in [5.41, 5.74) is 7.75. The van der Waals surface area contributed by atoms with Gasteiger partial charge in [-0.15, -0.1) is 0 Å². The van der Waals surface area contributed by atoms with Crippen molar-refractivity contribution in [1.82, 2.24) is 9.80 Å². The van der Waals surface area contributed by atoms with E-state index in [0.29, 0.717) is 6.04 Å². The number of carbonyl (C=O) groups is 2. The fraction of sp³-hybridized carbons (Fsp3) is 0.500. The molecule has 0 unspecified atom stereocenters. The lowest BCUT2D eigenvalue weighted by molar-refractivity contribution is -0.129. The van der Waals surface area contributed by atoms with Gasteiger partial charge in [0.05, 0.1) is 6.04 Å². The quantitative estimate of drug-likeness (QED) is 0.851. The maximum atomic E-state index is 12.4. The van der Waals surface area contributed by atoms with Crippen LogP contribution in [0.5, 0.6) is 0 Å². The van der Waals surface area contributed by atoms with Crippen molar-refractivity contribution in [2.75, 3.05) is 19.6 Å². The van der Waals surface area contributed by atoms with Crippen molar-refractivity contribution in [1.29, 1.82) is 0 Å². The zero-order valence-corrected chi connectivity index (χ0v) is 14.9. The van der Waals surface area contributed by atoms with Gasteiger partial charge in [-0.1, -0.05) is 29.8 Å². The summed E-state index contributed by atoms with van der Waals surface area (Å²) in [6.07, 6.45) is 7.27. The van der Waals surface area contributed by atoms with E-state index in [1.54, 1.807) is 6.08 Å². The Morgan fingerprint density at radius 1 is 1.16 bits per heavy atom. The standard InChI is InChI=1S/C20H27N3O2/c1-15-4-2-5-16(14-15)7-8-19(24)22-12-9-17(10-13-22)23-11-3-6-18(23)20(21)25/h2,4-5,7-8,14,17-18H,3,6,9-13H2,1H3,(H2,21,25)/b8-7+/t18-/m0/s1. The van der Waals surface area contributed by atoms with E-state index in [9.17, 15) is 9.59 Å². The third-order valence-electron chi connectivity index (χ3n) is 5.33. The molecule has 1 aromatic rings. The second-order valence-corrected chi connectivity index (χ2v) is 7.10. The van der Waals surface area contributed by atoms with E-state index in [0.717, 1.165) is 50.9 Å². The summed E-state index contributed by atoms with van der Waals surface area (Å²) in [7, 11) is 0. The minimum Gasteiger partial charge on any atom is -0.368 e. The summed E-state index contributed by atoms with van der Waals surface area (Å²) in [6, 6.07) is 8.35. The monoisotopic (exact) mass is 341 g/mol. The number of primary amides is 1. The van der Waals surface area contributed by atoms with Gasteiger partial charge in [-0.05, 0) is 50.8 Å². The predicted octanol–water partition coefficient (Wildman–Crippen LogP) is 1.95. The molecule has 2 heterocycles. The van der Waals surface area contributed by atoms with Gasteiger partial charge in [-0.3, -0.25) is 14.5 Å². The second-order valence-electron chi connectivity index (χ2n) is 7.10. The predicted molar refractivity (Wildman–Crippen MR) is 98.7 cm³/mol. The molecule has 134 valence electrons. The number of benzene rings is 1. The molecule has 5 nitrogen and oxygen atoms in total. The first-order chi connectivity index (χ1) is 12.0. The minimum atomic E-state index is -0.211. The van der Waals surface area contributed by atoms with Crippen molar-refractivity contribution in [3.05, 3.63) is 41.5 Å². The van der Waals surface area contributed by atoms with Crippen molar-refractivity contribution in [3.63, 3.8) is 0 Å². The molecule has 25 heavy (non-hydrogen) atoms. The van der Waals surface area contributed by atoms with Crippen LogP contribution in [0.1, 0.15) is 36.8 Å². The van der Waals surface area contributed by atoms with Gasteiger partial charge >= 0.3 is 0 Å². The fourth-order valence-corrected chi connectivity index (χ4v) is 4.00. The molecule has 0 spiro atoms. The van der Waals surface area contributed by atoms with Gasteiger partial charge in [-0.25, -0.2) is 0 Å². The van der Waals surface area contributed by atoms with Crippen LogP contribution in [0.4, 0.5) is 0 Å². The van der Waals surface area contributed by atoms with Gasteiger partial charge in [0, 0.05) is 25.2 Å². The molecule has 2 fully saturated rings. The van der Waals surface area contributed by atoms with Gasteiger partial charge in [-0.2, -0.15) is 0 Å². The Bertz CT molecular complexity index is 663. The Morgan fingerprint density at radius 2 is 1.92 bits per heavy atom. The van der Waals surface area contributed by atoms with Crippen LogP contribution in [0.25, 0.3) is 6.08 Å². The minimum absolute atomic E-state index is 0.0628. The molecule has 2 aliphatic rings. The van der Waals surface area contributed by atoms with E-state index in [-0.39, 0.29) is 17.9 Å². The highest BCUT2D eigenvalue weighted by Crippen LogP contribution is 2.26. The highest BCUT2D eigenvalue weighted by molar-refractivity contribution is 5.91. The summed E-state index contributed by atoms with van der Waals surface area (Å²) in [6.45, 7) is 4.47. The van der Waals surface area contributed by atoms with Crippen LogP contribution < -0.4 is 5.73 Å². The average molecular weight is 341 g/mol. The molecule has 2 saturated heterocycles. The number of piperidine rings is 1. The smallest absolute Gasteiger partial charge is 0.246 e. The summed E-state index contributed by atoms with van der Waals surface area (Å²) >= 11 is 0. The molecular weight excluding hydrogens is 314 g/mol. The van der Waals surface area contributed by atoms with E-state index >= 15 is 0 Å². The Labute approximate surface area is 149 Å². The highest BCUT2D eigenvalue weighted by atomic mass is 16.2. The molecule has 2 amide bonds. The van der Waals surface area contributed by atoms with E-state index in [1.807, 2.05) is 36.1 Å². The molecule has 0 aliphatic carbocycles. The molecule has 5 heteroatoms. The van der Waals surface area contributed by atoms with Crippen molar-refractivity contribution >= 4 is 17.9 Å². The van der Waals surface area contributed by atoms with Crippen LogP contribution in [0.2, 0.25) is 0 Å². The number of nitrogens with zero attached hydrogens (tertiary/aromatic N) is 2. The highest BCUT2D eigenvalue weighted by Gasteiger charge is 2.35. The Balaban J connectivity index is 1.53. The van der Waals surface area contributed by atoms with Crippen molar-refractivity contribution in [2.24, 2.45) is 5.73 Å². The first-order valence-electron chi connectivity index (χ1n) is 9.13. The molecule has 1 atom stereocenters. The number of aryl methyl sites for hydroxylation is 1. The molecule has 0 aromatic heterocycles. The summed E-state index contributed by atoms with van der Waals surface area (Å²) in [5.74, 6) is -0.148. The average Bonchev–Trinajstić information content (AvgIpc) is 3.10. The molecule has 0 radical (unpaired) electrons. The Hall–Kier alpha value is -2.14. The van der Waals surface area contributed by atoms with E-state index in [2.05, 4.69) is 11.0 Å². The number of amides is 2. The maximum Gasteiger partial charge on any atom is 0.246 e. The number of carbonyl (C=O) groups excluding carboxylic acids is 2. The summed E-state index contributed by atoms with van der Waals surface area (Å²) < 4.78 is 0. The number of likely N-dealkylation sites (tertiary alicyclic amines) is 2. The normalized spacial score (nSPS) is 22.6. The number of hydrogen-bond acceptors (Lipinski definition) is 3. The van der Waals surface area contributed by atoms with Crippen LogP contribution in [0, 0.1) is 6.92 Å². The van der Waals surface area contributed by atoms with Crippen LogP contribution >= 0.6 is 0 Å². The Morgan fingerprint density at radius 3 is 2.60 bits per heavy atom. The molecular formula is C20H27N3O2. The first kappa shape index (κ1) is 17.7. The van der Waals surface area contributed by atoms with E-state index < -0.39 is 0 Å². The summed E-state index contributed by atoms with van der Waals surface area (Å²) in [5, 5.41) is 0. The van der Waals surface area contributed by atoms with Gasteiger partial charge in [0.25, 0.3) is 0 Å². The zero-order chi connectivity index (χ0) is 17.8. The van der Waals surface area contributed by atoms with Crippen LogP contribution in [0.15, 0.2) is 30.3 Å². The molecule has 0 saturated carbocycles. The van der Waals surface area contributed by atoms with Crippen molar-refractivity contribution in [2.45, 2.75) is 44.7 Å². The van der Waals surface area contributed by atoms with E-state index in [1.165, 1.54) is 5.56 Å². The third-order valence-corrected chi connectivity index (χ3v) is 5.33. The Kier molecular flexibility index (Phi) is 5.53. The summed E-state index contributed by atoms with van der Waals surface area (Å²) in [4.78, 5) is 28.1. The molecule has 2 N–H and O–H groups in total. The van der Waals surface area contributed by atoms with Crippen molar-refractivity contribution in [3.8, 4) is 0 Å². The van der Waals surface area contributed by atoms with Gasteiger partial charge < -0.3 is 10.6 Å². The lowest BCUT2D eigenvalue weighted by Gasteiger charge is -2.38. The number of hydrogen-bond donors (Lipinski definition) is 1. The SMILES string of the molecule is Cc1cccc(/C=C/C(=O)N2CCC(N3CCC[C@H]3C(N)=O)CC2)c1. The fourth-order valence-electron chi connectivity index (χ4n) is 4.00. The first-order valence-corrected chi connectivity index (χ1v) is 9.13. The number of nitrogens with two attached hydrogens (primary N) is 1. The molecule has 2 aliphatic heterocycles. The lowest BCUT2D eigenvalue weighted by Crippen LogP contribution is -2.51.